The van der Waals surface area contributed by atoms with Gasteiger partial charge in [-0.25, -0.2) is 0 Å². The van der Waals surface area contributed by atoms with Gasteiger partial charge in [0.05, 0.1) is 5.92 Å². The monoisotopic (exact) mass is 290 g/mol. The Kier molecular flexibility index (Phi) is 4.50. The largest absolute Gasteiger partial charge is 0.481 e. The summed E-state index contributed by atoms with van der Waals surface area (Å²) in [5.74, 6) is -1.61. The molecule has 1 atom stereocenters. The third-order valence-corrected chi connectivity index (χ3v) is 4.07. The maximum Gasteiger partial charge on any atom is 0.308 e. The number of hydrogen-bond donors (Lipinski definition) is 1. The maximum atomic E-state index is 12.0. The van der Waals surface area contributed by atoms with Gasteiger partial charge in [0.15, 0.2) is 0 Å². The topological polar surface area (TPSA) is 60.9 Å². The van der Waals surface area contributed by atoms with Crippen molar-refractivity contribution in [1.82, 2.24) is 0 Å². The SMILES string of the molecule is CCN(CC)c1ccc(N2CC(C(=O)O)CC2=O)c(C)c1. The second-order valence-corrected chi connectivity index (χ2v) is 5.39. The second kappa shape index (κ2) is 6.16. The number of benzene rings is 1. The lowest BCUT2D eigenvalue weighted by Crippen LogP contribution is -2.27. The number of rotatable bonds is 5. The van der Waals surface area contributed by atoms with Crippen LogP contribution < -0.4 is 9.80 Å². The number of anilines is 2. The summed E-state index contributed by atoms with van der Waals surface area (Å²) < 4.78 is 0. The number of aryl methyl sites for hydroxylation is 1. The molecule has 1 unspecified atom stereocenters. The van der Waals surface area contributed by atoms with Crippen LogP contribution in [0.2, 0.25) is 0 Å². The highest BCUT2D eigenvalue weighted by atomic mass is 16.4. The van der Waals surface area contributed by atoms with E-state index in [4.69, 9.17) is 5.11 Å². The van der Waals surface area contributed by atoms with E-state index in [1.54, 1.807) is 4.90 Å². The van der Waals surface area contributed by atoms with Crippen LogP contribution in [0, 0.1) is 12.8 Å². The van der Waals surface area contributed by atoms with Gasteiger partial charge in [-0.1, -0.05) is 0 Å². The van der Waals surface area contributed by atoms with Gasteiger partial charge in [-0.3, -0.25) is 9.59 Å². The third-order valence-electron chi connectivity index (χ3n) is 4.07. The Labute approximate surface area is 125 Å². The minimum atomic E-state index is -0.900. The van der Waals surface area contributed by atoms with E-state index in [0.717, 1.165) is 30.0 Å². The molecule has 1 aromatic rings. The van der Waals surface area contributed by atoms with Crippen molar-refractivity contribution in [3.05, 3.63) is 23.8 Å². The highest BCUT2D eigenvalue weighted by molar-refractivity contribution is 5.99. The van der Waals surface area contributed by atoms with Gasteiger partial charge in [0.2, 0.25) is 5.91 Å². The van der Waals surface area contributed by atoms with Gasteiger partial charge in [0.25, 0.3) is 0 Å². The van der Waals surface area contributed by atoms with Crippen molar-refractivity contribution in [3.63, 3.8) is 0 Å². The van der Waals surface area contributed by atoms with Crippen LogP contribution >= 0.6 is 0 Å². The van der Waals surface area contributed by atoms with Crippen LogP contribution in [0.15, 0.2) is 18.2 Å². The summed E-state index contributed by atoms with van der Waals surface area (Å²) in [4.78, 5) is 26.9. The molecule has 1 amide bonds. The summed E-state index contributed by atoms with van der Waals surface area (Å²) in [6, 6.07) is 5.98. The lowest BCUT2D eigenvalue weighted by atomic mass is 10.1. The van der Waals surface area contributed by atoms with Gasteiger partial charge in [0, 0.05) is 37.4 Å². The fourth-order valence-corrected chi connectivity index (χ4v) is 2.83. The summed E-state index contributed by atoms with van der Waals surface area (Å²) in [5, 5.41) is 9.06. The molecule has 5 nitrogen and oxygen atoms in total. The smallest absolute Gasteiger partial charge is 0.308 e. The zero-order valence-electron chi connectivity index (χ0n) is 12.8. The molecule has 1 N–H and O–H groups in total. The van der Waals surface area contributed by atoms with Gasteiger partial charge < -0.3 is 14.9 Å². The van der Waals surface area contributed by atoms with Crippen molar-refractivity contribution < 1.29 is 14.7 Å². The van der Waals surface area contributed by atoms with Crippen molar-refractivity contribution in [3.8, 4) is 0 Å². The molecule has 21 heavy (non-hydrogen) atoms. The van der Waals surface area contributed by atoms with Crippen molar-refractivity contribution in [2.75, 3.05) is 29.4 Å². The first-order valence-corrected chi connectivity index (χ1v) is 7.36. The van der Waals surface area contributed by atoms with E-state index in [2.05, 4.69) is 24.8 Å². The predicted octanol–water partition coefficient (Wildman–Crippen LogP) is 2.28. The standard InChI is InChI=1S/C16H22N2O3/c1-4-17(5-2)13-6-7-14(11(3)8-13)18-10-12(16(20)21)9-15(18)19/h6-8,12H,4-5,9-10H2,1-3H3,(H,20,21). The number of amides is 1. The van der Waals surface area contributed by atoms with Gasteiger partial charge >= 0.3 is 5.97 Å². The van der Waals surface area contributed by atoms with E-state index in [9.17, 15) is 9.59 Å². The summed E-state index contributed by atoms with van der Waals surface area (Å²) in [7, 11) is 0. The molecule has 1 aliphatic rings. The molecule has 2 rings (SSSR count). The number of carbonyl (C=O) groups is 2. The Balaban J connectivity index is 2.25. The normalized spacial score (nSPS) is 18.1. The van der Waals surface area contributed by atoms with Crippen LogP contribution in [0.4, 0.5) is 11.4 Å². The van der Waals surface area contributed by atoms with E-state index in [0.29, 0.717) is 0 Å². The van der Waals surface area contributed by atoms with Crippen LogP contribution in [0.3, 0.4) is 0 Å². The van der Waals surface area contributed by atoms with Crippen LogP contribution in [0.25, 0.3) is 0 Å². The molecule has 0 bridgehead atoms. The predicted molar refractivity (Wildman–Crippen MR) is 82.8 cm³/mol. The fraction of sp³-hybridized carbons (Fsp3) is 0.500. The Morgan fingerprint density at radius 1 is 1.38 bits per heavy atom. The summed E-state index contributed by atoms with van der Waals surface area (Å²) in [6.07, 6.45) is 0.0899. The summed E-state index contributed by atoms with van der Waals surface area (Å²) >= 11 is 0. The van der Waals surface area contributed by atoms with Gasteiger partial charge in [-0.15, -0.1) is 0 Å². The average Bonchev–Trinajstić information content (AvgIpc) is 2.83. The van der Waals surface area contributed by atoms with Crippen molar-refractivity contribution in [2.45, 2.75) is 27.2 Å². The number of hydrogen-bond acceptors (Lipinski definition) is 3. The number of aliphatic carboxylic acids is 1. The van der Waals surface area contributed by atoms with E-state index in [1.165, 1.54) is 0 Å². The number of carbonyl (C=O) groups excluding carboxylic acids is 1. The molecule has 1 fully saturated rings. The molecule has 0 saturated carbocycles. The molecule has 0 radical (unpaired) electrons. The lowest BCUT2D eigenvalue weighted by Gasteiger charge is -2.24. The molecular formula is C16H22N2O3. The molecule has 1 aromatic carbocycles. The summed E-state index contributed by atoms with van der Waals surface area (Å²) in [5.41, 5.74) is 2.95. The average molecular weight is 290 g/mol. The number of nitrogens with zero attached hydrogens (tertiary/aromatic N) is 2. The van der Waals surface area contributed by atoms with Gasteiger partial charge in [-0.05, 0) is 44.5 Å². The molecule has 114 valence electrons. The lowest BCUT2D eigenvalue weighted by molar-refractivity contribution is -0.141. The zero-order chi connectivity index (χ0) is 15.6. The molecular weight excluding hydrogens is 268 g/mol. The van der Waals surface area contributed by atoms with Crippen LogP contribution in [0.5, 0.6) is 0 Å². The van der Waals surface area contributed by atoms with Gasteiger partial charge in [0.1, 0.15) is 0 Å². The van der Waals surface area contributed by atoms with E-state index < -0.39 is 11.9 Å². The number of carboxylic acid groups (broad SMARTS) is 1. The third kappa shape index (κ3) is 3.01. The summed E-state index contributed by atoms with van der Waals surface area (Å²) in [6.45, 7) is 8.30. The fourth-order valence-electron chi connectivity index (χ4n) is 2.83. The van der Waals surface area contributed by atoms with Crippen molar-refractivity contribution in [2.24, 2.45) is 5.92 Å². The Morgan fingerprint density at radius 2 is 2.05 bits per heavy atom. The second-order valence-electron chi connectivity index (χ2n) is 5.39. The molecule has 1 saturated heterocycles. The van der Waals surface area contributed by atoms with E-state index in [1.807, 2.05) is 19.1 Å². The Hall–Kier alpha value is -2.04. The molecule has 0 aliphatic carbocycles. The minimum Gasteiger partial charge on any atom is -0.481 e. The van der Waals surface area contributed by atoms with Crippen LogP contribution in [0.1, 0.15) is 25.8 Å². The zero-order valence-corrected chi connectivity index (χ0v) is 12.8. The first kappa shape index (κ1) is 15.4. The van der Waals surface area contributed by atoms with Gasteiger partial charge in [-0.2, -0.15) is 0 Å². The number of carboxylic acids is 1. The van der Waals surface area contributed by atoms with Crippen LogP contribution in [-0.4, -0.2) is 36.6 Å². The minimum absolute atomic E-state index is 0.0899. The van der Waals surface area contributed by atoms with Crippen LogP contribution in [-0.2, 0) is 9.59 Å². The van der Waals surface area contributed by atoms with E-state index >= 15 is 0 Å². The quantitative estimate of drug-likeness (QED) is 0.903. The highest BCUT2D eigenvalue weighted by Gasteiger charge is 2.35. The molecule has 5 heteroatoms. The van der Waals surface area contributed by atoms with Crippen molar-refractivity contribution in [1.29, 1.82) is 0 Å². The first-order chi connectivity index (χ1) is 9.97. The first-order valence-electron chi connectivity index (χ1n) is 7.36. The maximum absolute atomic E-state index is 12.0. The molecule has 1 heterocycles. The highest BCUT2D eigenvalue weighted by Crippen LogP contribution is 2.30. The molecule has 0 aromatic heterocycles. The Morgan fingerprint density at radius 3 is 2.52 bits per heavy atom. The van der Waals surface area contributed by atoms with Crippen molar-refractivity contribution >= 4 is 23.3 Å². The Bertz CT molecular complexity index is 552. The molecule has 0 spiro atoms. The van der Waals surface area contributed by atoms with E-state index in [-0.39, 0.29) is 18.9 Å². The molecule has 1 aliphatic heterocycles.